The number of alkyl halides is 4. The summed E-state index contributed by atoms with van der Waals surface area (Å²) in [5.41, 5.74) is 1.66. The first-order chi connectivity index (χ1) is 11.8. The van der Waals surface area contributed by atoms with Gasteiger partial charge in [-0.05, 0) is 42.3 Å². The normalized spacial score (nSPS) is 11.4. The first-order valence-electron chi connectivity index (χ1n) is 7.50. The molecule has 3 nitrogen and oxygen atoms in total. The molecule has 0 bridgehead atoms. The van der Waals surface area contributed by atoms with Gasteiger partial charge in [0.05, 0.1) is 12.2 Å². The van der Waals surface area contributed by atoms with Gasteiger partial charge >= 0.3 is 18.3 Å². The summed E-state index contributed by atoms with van der Waals surface area (Å²) in [6, 6.07) is 13.3. The third-order valence-electron chi connectivity index (χ3n) is 3.33. The molecular weight excluding hydrogens is 340 g/mol. The average molecular weight is 356 g/mol. The lowest BCUT2D eigenvalue weighted by Crippen LogP contribution is -2.33. The summed E-state index contributed by atoms with van der Waals surface area (Å²) in [4.78, 5) is 11.7. The molecule has 0 saturated heterocycles. The van der Waals surface area contributed by atoms with Gasteiger partial charge in [0.15, 0.2) is 6.61 Å². The Morgan fingerprint density at radius 3 is 2.00 bits per heavy atom. The maximum absolute atomic E-state index is 12.8. The average Bonchev–Trinajstić information content (AvgIpc) is 2.61. The van der Waals surface area contributed by atoms with E-state index in [9.17, 15) is 22.4 Å². The first kappa shape index (κ1) is 18.8. The summed E-state index contributed by atoms with van der Waals surface area (Å²) >= 11 is 0. The smallest absolute Gasteiger partial charge is 0.340 e. The summed E-state index contributed by atoms with van der Waals surface area (Å²) in [7, 11) is 0. The molecule has 134 valence electrons. The summed E-state index contributed by atoms with van der Waals surface area (Å²) in [6.07, 6.45) is -3.89. The van der Waals surface area contributed by atoms with Gasteiger partial charge in [0.2, 0.25) is 0 Å². The number of carbonyl (C=O) groups excluding carboxylic acids is 1. The van der Waals surface area contributed by atoms with Gasteiger partial charge in [-0.1, -0.05) is 24.3 Å². The summed E-state index contributed by atoms with van der Waals surface area (Å²) < 4.78 is 59.2. The van der Waals surface area contributed by atoms with Crippen LogP contribution in [0.1, 0.15) is 17.3 Å². The van der Waals surface area contributed by atoms with Gasteiger partial charge in [0.1, 0.15) is 5.75 Å². The molecule has 0 aliphatic heterocycles. The third-order valence-corrected chi connectivity index (χ3v) is 3.33. The van der Waals surface area contributed by atoms with Crippen LogP contribution in [-0.2, 0) is 4.74 Å². The topological polar surface area (TPSA) is 35.5 Å². The van der Waals surface area contributed by atoms with Crippen LogP contribution in [0.2, 0.25) is 0 Å². The lowest BCUT2D eigenvalue weighted by Gasteiger charge is -2.15. The molecular formula is C18H16F4O3. The van der Waals surface area contributed by atoms with E-state index in [1.807, 2.05) is 19.1 Å². The fourth-order valence-electron chi connectivity index (χ4n) is 2.02. The highest BCUT2D eigenvalue weighted by Crippen LogP contribution is 2.25. The van der Waals surface area contributed by atoms with Crippen LogP contribution >= 0.6 is 0 Å². The maximum atomic E-state index is 12.8. The van der Waals surface area contributed by atoms with Crippen molar-refractivity contribution in [3.8, 4) is 16.9 Å². The number of carbonyl (C=O) groups is 1. The van der Waals surface area contributed by atoms with Crippen molar-refractivity contribution in [1.82, 2.24) is 0 Å². The van der Waals surface area contributed by atoms with Crippen molar-refractivity contribution in [2.45, 2.75) is 19.3 Å². The lowest BCUT2D eigenvalue weighted by molar-refractivity contribution is -0.155. The highest BCUT2D eigenvalue weighted by atomic mass is 19.3. The van der Waals surface area contributed by atoms with Crippen LogP contribution in [0.3, 0.4) is 0 Å². The van der Waals surface area contributed by atoms with Crippen molar-refractivity contribution < 1.29 is 31.8 Å². The Hall–Kier alpha value is -2.57. The van der Waals surface area contributed by atoms with Crippen LogP contribution in [0.4, 0.5) is 17.6 Å². The number of hydrogen-bond acceptors (Lipinski definition) is 3. The molecule has 2 aromatic carbocycles. The summed E-state index contributed by atoms with van der Waals surface area (Å²) in [5.74, 6) is -4.72. The van der Waals surface area contributed by atoms with Crippen molar-refractivity contribution in [3.05, 3.63) is 54.1 Å². The van der Waals surface area contributed by atoms with E-state index in [0.29, 0.717) is 6.61 Å². The van der Waals surface area contributed by atoms with E-state index in [1.54, 1.807) is 24.3 Å². The molecule has 0 atom stereocenters. The van der Waals surface area contributed by atoms with Crippen molar-refractivity contribution in [2.24, 2.45) is 0 Å². The van der Waals surface area contributed by atoms with Gasteiger partial charge in [-0.25, -0.2) is 13.6 Å². The number of ether oxygens (including phenoxy) is 2. The monoisotopic (exact) mass is 356 g/mol. The van der Waals surface area contributed by atoms with Crippen molar-refractivity contribution in [3.63, 3.8) is 0 Å². The fraction of sp³-hybridized carbons (Fsp3) is 0.278. The number of hydrogen-bond donors (Lipinski definition) is 0. The van der Waals surface area contributed by atoms with Gasteiger partial charge < -0.3 is 9.47 Å². The lowest BCUT2D eigenvalue weighted by atomic mass is 10.0. The predicted octanol–water partition coefficient (Wildman–Crippen LogP) is 4.81. The molecule has 0 aliphatic carbocycles. The SMILES string of the molecule is CCOc1ccc(-c2ccc(C(=O)OCC(F)(F)C(F)F)cc2)cc1. The van der Waals surface area contributed by atoms with E-state index in [2.05, 4.69) is 4.74 Å². The molecule has 0 spiro atoms. The fourth-order valence-corrected chi connectivity index (χ4v) is 2.02. The minimum atomic E-state index is -4.36. The molecule has 0 fully saturated rings. The maximum Gasteiger partial charge on any atom is 0.340 e. The molecule has 0 aliphatic rings. The van der Waals surface area contributed by atoms with E-state index in [0.717, 1.165) is 16.9 Å². The van der Waals surface area contributed by atoms with Gasteiger partial charge in [-0.3, -0.25) is 0 Å². The molecule has 0 heterocycles. The number of rotatable bonds is 7. The molecule has 0 radical (unpaired) electrons. The van der Waals surface area contributed by atoms with E-state index in [-0.39, 0.29) is 5.56 Å². The van der Waals surface area contributed by atoms with Crippen molar-refractivity contribution >= 4 is 5.97 Å². The predicted molar refractivity (Wildman–Crippen MR) is 84.3 cm³/mol. The molecule has 0 aromatic heterocycles. The Morgan fingerprint density at radius 2 is 1.52 bits per heavy atom. The van der Waals surface area contributed by atoms with Gasteiger partial charge in [-0.15, -0.1) is 0 Å². The number of benzene rings is 2. The zero-order valence-electron chi connectivity index (χ0n) is 13.3. The van der Waals surface area contributed by atoms with E-state index < -0.39 is 24.9 Å². The van der Waals surface area contributed by atoms with Crippen LogP contribution < -0.4 is 4.74 Å². The molecule has 2 rings (SSSR count). The minimum Gasteiger partial charge on any atom is -0.494 e. The Morgan fingerprint density at radius 1 is 1.00 bits per heavy atom. The van der Waals surface area contributed by atoms with Gasteiger partial charge in [0, 0.05) is 0 Å². The Balaban J connectivity index is 2.02. The second-order valence-electron chi connectivity index (χ2n) is 5.17. The largest absolute Gasteiger partial charge is 0.494 e. The Kier molecular flexibility index (Phi) is 6.01. The molecule has 0 N–H and O–H groups in total. The number of esters is 1. The second-order valence-corrected chi connectivity index (χ2v) is 5.17. The Bertz CT molecular complexity index is 697. The zero-order chi connectivity index (χ0) is 18.4. The van der Waals surface area contributed by atoms with Crippen LogP contribution in [0.25, 0.3) is 11.1 Å². The quantitative estimate of drug-likeness (QED) is 0.528. The first-order valence-corrected chi connectivity index (χ1v) is 7.50. The van der Waals surface area contributed by atoms with Crippen LogP contribution in [0.5, 0.6) is 5.75 Å². The van der Waals surface area contributed by atoms with Gasteiger partial charge in [0.25, 0.3) is 0 Å². The standard InChI is InChI=1S/C18H16F4O3/c1-2-24-15-9-7-13(8-10-15)12-3-5-14(6-4-12)16(23)25-11-18(21,22)17(19)20/h3-10,17H,2,11H2,1H3. The highest BCUT2D eigenvalue weighted by molar-refractivity contribution is 5.90. The molecule has 0 saturated carbocycles. The second kappa shape index (κ2) is 8.00. The van der Waals surface area contributed by atoms with Gasteiger partial charge in [-0.2, -0.15) is 8.78 Å². The van der Waals surface area contributed by atoms with E-state index >= 15 is 0 Å². The number of halogens is 4. The molecule has 25 heavy (non-hydrogen) atoms. The summed E-state index contributed by atoms with van der Waals surface area (Å²) in [5, 5.41) is 0. The minimum absolute atomic E-state index is 0.000229. The van der Waals surface area contributed by atoms with E-state index in [4.69, 9.17) is 4.74 Å². The van der Waals surface area contributed by atoms with E-state index in [1.165, 1.54) is 12.1 Å². The third kappa shape index (κ3) is 4.95. The summed E-state index contributed by atoms with van der Waals surface area (Å²) in [6.45, 7) is 0.772. The molecule has 0 amide bonds. The molecule has 0 unspecified atom stereocenters. The highest BCUT2D eigenvalue weighted by Gasteiger charge is 2.42. The van der Waals surface area contributed by atoms with Crippen molar-refractivity contribution in [1.29, 1.82) is 0 Å². The van der Waals surface area contributed by atoms with Crippen LogP contribution in [0.15, 0.2) is 48.5 Å². The van der Waals surface area contributed by atoms with Crippen LogP contribution in [0, 0.1) is 0 Å². The molecule has 7 heteroatoms. The zero-order valence-corrected chi connectivity index (χ0v) is 13.3. The van der Waals surface area contributed by atoms with Crippen molar-refractivity contribution in [2.75, 3.05) is 13.2 Å². The molecule has 2 aromatic rings. The Labute approximate surface area is 142 Å². The van der Waals surface area contributed by atoms with Crippen LogP contribution in [-0.4, -0.2) is 31.5 Å².